The van der Waals surface area contributed by atoms with Crippen LogP contribution in [0, 0.1) is 11.8 Å². The summed E-state index contributed by atoms with van der Waals surface area (Å²) < 4.78 is 5.81. The van der Waals surface area contributed by atoms with Crippen molar-refractivity contribution in [1.29, 1.82) is 0 Å². The van der Waals surface area contributed by atoms with E-state index in [0.29, 0.717) is 18.4 Å². The second-order valence-electron chi connectivity index (χ2n) is 5.34. The van der Waals surface area contributed by atoms with E-state index >= 15 is 0 Å². The lowest BCUT2D eigenvalue weighted by atomic mass is 10.1. The monoisotopic (exact) mass is 270 g/mol. The summed E-state index contributed by atoms with van der Waals surface area (Å²) >= 11 is 1.72. The first-order valence-electron chi connectivity index (χ1n) is 6.79. The maximum absolute atomic E-state index is 5.82. The lowest BCUT2D eigenvalue weighted by Crippen LogP contribution is -2.11. The van der Waals surface area contributed by atoms with Crippen LogP contribution in [-0.4, -0.2) is 11.6 Å². The van der Waals surface area contributed by atoms with Crippen LogP contribution in [0.5, 0.6) is 0 Å². The summed E-state index contributed by atoms with van der Waals surface area (Å²) in [5.41, 5.74) is 6.98. The molecule has 1 aromatic heterocycles. The molecule has 0 aliphatic carbocycles. The predicted octanol–water partition coefficient (Wildman–Crippen LogP) is 3.53. The first-order chi connectivity index (χ1) is 8.49. The fraction of sp³-hybridized carbons (Fsp3) is 0.786. The zero-order valence-corrected chi connectivity index (χ0v) is 13.0. The van der Waals surface area contributed by atoms with E-state index in [2.05, 4.69) is 27.7 Å². The summed E-state index contributed by atoms with van der Waals surface area (Å²) in [6.45, 7) is 12.1. The van der Waals surface area contributed by atoms with Crippen molar-refractivity contribution in [2.45, 2.75) is 53.7 Å². The molecule has 0 fully saturated rings. The van der Waals surface area contributed by atoms with Gasteiger partial charge in [-0.05, 0) is 25.2 Å². The van der Waals surface area contributed by atoms with Gasteiger partial charge in [-0.3, -0.25) is 0 Å². The number of rotatable bonds is 7. The molecule has 0 bridgehead atoms. The zero-order chi connectivity index (χ0) is 13.7. The highest BCUT2D eigenvalue weighted by atomic mass is 32.1. The second-order valence-corrected chi connectivity index (χ2v) is 6.46. The van der Waals surface area contributed by atoms with Gasteiger partial charge in [-0.1, -0.05) is 27.7 Å². The summed E-state index contributed by atoms with van der Waals surface area (Å²) in [5.74, 6) is 1.04. The van der Waals surface area contributed by atoms with Gasteiger partial charge in [0.15, 0.2) is 0 Å². The average molecular weight is 270 g/mol. The highest BCUT2D eigenvalue weighted by Crippen LogP contribution is 2.32. The molecule has 0 aliphatic heterocycles. The molecule has 1 atom stereocenters. The number of hydrogen-bond donors (Lipinski definition) is 1. The van der Waals surface area contributed by atoms with Gasteiger partial charge in [0.1, 0.15) is 11.1 Å². The van der Waals surface area contributed by atoms with E-state index < -0.39 is 0 Å². The van der Waals surface area contributed by atoms with Crippen molar-refractivity contribution in [2.75, 3.05) is 6.61 Å². The number of aromatic nitrogens is 1. The van der Waals surface area contributed by atoms with Crippen LogP contribution in [0.15, 0.2) is 0 Å². The smallest absolute Gasteiger partial charge is 0.122 e. The average Bonchev–Trinajstić information content (AvgIpc) is 2.67. The standard InChI is InChI=1S/C14H26N2OS/c1-6-17-13(10(4)5)14-16-11(7-9(2)3)12(8-15)18-14/h9-10,13H,6-8,15H2,1-5H3. The molecule has 0 amide bonds. The molecule has 0 aromatic carbocycles. The summed E-state index contributed by atoms with van der Waals surface area (Å²) in [7, 11) is 0. The van der Waals surface area contributed by atoms with Crippen LogP contribution in [0.25, 0.3) is 0 Å². The molecule has 18 heavy (non-hydrogen) atoms. The van der Waals surface area contributed by atoms with Gasteiger partial charge in [0.25, 0.3) is 0 Å². The third-order valence-corrected chi connectivity index (χ3v) is 3.96. The van der Waals surface area contributed by atoms with E-state index in [-0.39, 0.29) is 6.10 Å². The summed E-state index contributed by atoms with van der Waals surface area (Å²) in [6, 6.07) is 0. The van der Waals surface area contributed by atoms with E-state index in [0.717, 1.165) is 23.7 Å². The highest BCUT2D eigenvalue weighted by Gasteiger charge is 2.22. The number of hydrogen-bond acceptors (Lipinski definition) is 4. The van der Waals surface area contributed by atoms with Gasteiger partial charge in [-0.2, -0.15) is 0 Å². The Labute approximate surface area is 115 Å². The Balaban J connectivity index is 2.97. The molecule has 2 N–H and O–H groups in total. The number of nitrogens with zero attached hydrogens (tertiary/aromatic N) is 1. The fourth-order valence-electron chi connectivity index (χ4n) is 1.96. The molecule has 1 heterocycles. The van der Waals surface area contributed by atoms with Crippen molar-refractivity contribution in [2.24, 2.45) is 17.6 Å². The Bertz CT molecular complexity index is 361. The van der Waals surface area contributed by atoms with E-state index in [1.807, 2.05) is 6.92 Å². The lowest BCUT2D eigenvalue weighted by molar-refractivity contribution is 0.0292. The van der Waals surface area contributed by atoms with Crippen LogP contribution >= 0.6 is 11.3 Å². The van der Waals surface area contributed by atoms with Crippen LogP contribution in [0.1, 0.15) is 56.3 Å². The van der Waals surface area contributed by atoms with Crippen molar-refractivity contribution >= 4 is 11.3 Å². The first kappa shape index (κ1) is 15.6. The summed E-state index contributed by atoms with van der Waals surface area (Å²) in [4.78, 5) is 5.99. The number of thiazole rings is 1. The highest BCUT2D eigenvalue weighted by molar-refractivity contribution is 7.11. The zero-order valence-electron chi connectivity index (χ0n) is 12.2. The SMILES string of the molecule is CCOC(c1nc(CC(C)C)c(CN)s1)C(C)C. The molecule has 4 heteroatoms. The Morgan fingerprint density at radius 2 is 1.94 bits per heavy atom. The maximum Gasteiger partial charge on any atom is 0.122 e. The molecular weight excluding hydrogens is 244 g/mol. The van der Waals surface area contributed by atoms with Crippen LogP contribution < -0.4 is 5.73 Å². The Kier molecular flexibility index (Phi) is 6.26. The molecule has 1 unspecified atom stereocenters. The molecule has 0 aliphatic rings. The van der Waals surface area contributed by atoms with Crippen LogP contribution in [0.2, 0.25) is 0 Å². The third kappa shape index (κ3) is 4.04. The number of ether oxygens (including phenoxy) is 1. The molecular formula is C14H26N2OS. The van der Waals surface area contributed by atoms with Crippen molar-refractivity contribution in [3.63, 3.8) is 0 Å². The molecule has 0 saturated heterocycles. The van der Waals surface area contributed by atoms with Crippen molar-refractivity contribution in [3.8, 4) is 0 Å². The van der Waals surface area contributed by atoms with Crippen LogP contribution in [0.4, 0.5) is 0 Å². The molecule has 1 rings (SSSR count). The van der Waals surface area contributed by atoms with Gasteiger partial charge in [-0.25, -0.2) is 4.98 Å². The first-order valence-corrected chi connectivity index (χ1v) is 7.61. The van der Waals surface area contributed by atoms with Gasteiger partial charge in [-0.15, -0.1) is 11.3 Å². The Hall–Kier alpha value is -0.450. The van der Waals surface area contributed by atoms with Crippen molar-refractivity contribution < 1.29 is 4.74 Å². The van der Waals surface area contributed by atoms with Crippen molar-refractivity contribution in [1.82, 2.24) is 4.98 Å². The summed E-state index contributed by atoms with van der Waals surface area (Å²) in [6.07, 6.45) is 1.10. The van der Waals surface area contributed by atoms with E-state index in [4.69, 9.17) is 15.5 Å². The quantitative estimate of drug-likeness (QED) is 0.824. The van der Waals surface area contributed by atoms with Crippen LogP contribution in [-0.2, 0) is 17.7 Å². The van der Waals surface area contributed by atoms with Crippen molar-refractivity contribution in [3.05, 3.63) is 15.6 Å². The van der Waals surface area contributed by atoms with Gasteiger partial charge >= 0.3 is 0 Å². The normalized spacial score (nSPS) is 13.6. The largest absolute Gasteiger partial charge is 0.371 e. The molecule has 1 aromatic rings. The second kappa shape index (κ2) is 7.22. The Morgan fingerprint density at radius 3 is 2.39 bits per heavy atom. The minimum absolute atomic E-state index is 0.103. The molecule has 0 radical (unpaired) electrons. The van der Waals surface area contributed by atoms with Gasteiger partial charge in [0.05, 0.1) is 5.69 Å². The predicted molar refractivity (Wildman–Crippen MR) is 77.8 cm³/mol. The molecule has 0 spiro atoms. The van der Waals surface area contributed by atoms with E-state index in [1.165, 1.54) is 4.88 Å². The van der Waals surface area contributed by atoms with E-state index in [1.54, 1.807) is 11.3 Å². The van der Waals surface area contributed by atoms with Gasteiger partial charge < -0.3 is 10.5 Å². The molecule has 0 saturated carbocycles. The Morgan fingerprint density at radius 1 is 1.28 bits per heavy atom. The van der Waals surface area contributed by atoms with Crippen LogP contribution in [0.3, 0.4) is 0 Å². The van der Waals surface area contributed by atoms with Gasteiger partial charge in [0.2, 0.25) is 0 Å². The minimum atomic E-state index is 0.103. The lowest BCUT2D eigenvalue weighted by Gasteiger charge is -2.18. The number of nitrogens with two attached hydrogens (primary N) is 1. The van der Waals surface area contributed by atoms with E-state index in [9.17, 15) is 0 Å². The molecule has 3 nitrogen and oxygen atoms in total. The third-order valence-electron chi connectivity index (χ3n) is 2.78. The maximum atomic E-state index is 5.82. The molecule has 104 valence electrons. The minimum Gasteiger partial charge on any atom is -0.371 e. The van der Waals surface area contributed by atoms with Gasteiger partial charge in [0, 0.05) is 18.0 Å². The fourth-order valence-corrected chi connectivity index (χ4v) is 3.15. The summed E-state index contributed by atoms with van der Waals surface area (Å²) in [5, 5.41) is 1.09. The topological polar surface area (TPSA) is 48.1 Å².